The number of imidazole rings is 1. The molecular formula is C25H29N3O2. The molecular weight excluding hydrogens is 374 g/mol. The minimum atomic E-state index is -0.208. The van der Waals surface area contributed by atoms with Crippen molar-refractivity contribution in [3.8, 4) is 11.3 Å². The van der Waals surface area contributed by atoms with Crippen molar-refractivity contribution in [3.63, 3.8) is 0 Å². The largest absolute Gasteiger partial charge is 0.390 e. The molecule has 5 heteroatoms. The fourth-order valence-corrected chi connectivity index (χ4v) is 4.78. The van der Waals surface area contributed by atoms with E-state index in [1.54, 1.807) is 0 Å². The Hall–Kier alpha value is -2.47. The zero-order chi connectivity index (χ0) is 20.5. The predicted octanol–water partition coefficient (Wildman–Crippen LogP) is 3.80. The summed E-state index contributed by atoms with van der Waals surface area (Å²) in [5.74, 6) is 0.918. The van der Waals surface area contributed by atoms with E-state index in [0.29, 0.717) is 0 Å². The summed E-state index contributed by atoms with van der Waals surface area (Å²) >= 11 is 0. The molecule has 30 heavy (non-hydrogen) atoms. The summed E-state index contributed by atoms with van der Waals surface area (Å²) in [6.07, 6.45) is 3.00. The summed E-state index contributed by atoms with van der Waals surface area (Å²) in [5, 5.41) is 10.3. The van der Waals surface area contributed by atoms with Crippen molar-refractivity contribution >= 4 is 0 Å². The van der Waals surface area contributed by atoms with Crippen LogP contribution in [0.5, 0.6) is 0 Å². The standard InChI is InChI=1S/C25H29N3O2/c1-27-14-12-20(13-15-27)30-24-21-10-6-5-7-18(21)11-16-28-22(17-29)23(26-25(24)28)19-8-3-2-4-9-19/h2-10,20,24,29H,11-17H2,1H3. The van der Waals surface area contributed by atoms with E-state index in [1.165, 1.54) is 11.1 Å². The second-order valence-electron chi connectivity index (χ2n) is 8.41. The zero-order valence-corrected chi connectivity index (χ0v) is 17.5. The van der Waals surface area contributed by atoms with Crippen LogP contribution in [0.25, 0.3) is 11.3 Å². The molecule has 5 rings (SSSR count). The monoisotopic (exact) mass is 403 g/mol. The van der Waals surface area contributed by atoms with Gasteiger partial charge in [-0.1, -0.05) is 54.6 Å². The number of ether oxygens (including phenoxy) is 1. The van der Waals surface area contributed by atoms with E-state index in [4.69, 9.17) is 9.72 Å². The Kier molecular flexibility index (Phi) is 5.42. The van der Waals surface area contributed by atoms with E-state index in [1.807, 2.05) is 18.2 Å². The number of hydrogen-bond donors (Lipinski definition) is 1. The Balaban J connectivity index is 1.60. The number of likely N-dealkylation sites (tertiary alicyclic amines) is 1. The van der Waals surface area contributed by atoms with Gasteiger partial charge in [0.25, 0.3) is 0 Å². The number of aliphatic hydroxyl groups excluding tert-OH is 1. The van der Waals surface area contributed by atoms with E-state index in [-0.39, 0.29) is 18.8 Å². The summed E-state index contributed by atoms with van der Waals surface area (Å²) in [4.78, 5) is 7.44. The maximum atomic E-state index is 10.3. The Bertz CT molecular complexity index is 1010. The van der Waals surface area contributed by atoms with Gasteiger partial charge in [0.15, 0.2) is 0 Å². The molecule has 1 aromatic heterocycles. The first kappa shape index (κ1) is 19.5. The molecule has 156 valence electrons. The van der Waals surface area contributed by atoms with Gasteiger partial charge in [0.1, 0.15) is 11.9 Å². The van der Waals surface area contributed by atoms with Gasteiger partial charge in [-0.15, -0.1) is 0 Å². The molecule has 5 nitrogen and oxygen atoms in total. The SMILES string of the molecule is CN1CCC(OC2c3ccccc3CCn3c2nc(-c2ccccc2)c3CO)CC1. The number of rotatable bonds is 4. The topological polar surface area (TPSA) is 50.5 Å². The molecule has 0 bridgehead atoms. The lowest BCUT2D eigenvalue weighted by Crippen LogP contribution is -2.35. The molecule has 0 spiro atoms. The second kappa shape index (κ2) is 8.34. The van der Waals surface area contributed by atoms with Crippen LogP contribution in [-0.2, 0) is 24.3 Å². The van der Waals surface area contributed by atoms with Crippen molar-refractivity contribution in [1.29, 1.82) is 0 Å². The van der Waals surface area contributed by atoms with Gasteiger partial charge in [0.2, 0.25) is 0 Å². The first-order valence-electron chi connectivity index (χ1n) is 10.9. The van der Waals surface area contributed by atoms with Crippen LogP contribution in [0.3, 0.4) is 0 Å². The van der Waals surface area contributed by atoms with Gasteiger partial charge in [-0.2, -0.15) is 0 Å². The van der Waals surface area contributed by atoms with Gasteiger partial charge in [0, 0.05) is 25.2 Å². The molecule has 2 aromatic carbocycles. The Morgan fingerprint density at radius 1 is 1.00 bits per heavy atom. The minimum Gasteiger partial charge on any atom is -0.390 e. The molecule has 1 atom stereocenters. The lowest BCUT2D eigenvalue weighted by atomic mass is 10.00. The maximum Gasteiger partial charge on any atom is 0.143 e. The zero-order valence-electron chi connectivity index (χ0n) is 17.5. The third-order valence-corrected chi connectivity index (χ3v) is 6.47. The summed E-state index contributed by atoms with van der Waals surface area (Å²) in [6.45, 7) is 2.89. The second-order valence-corrected chi connectivity index (χ2v) is 8.41. The van der Waals surface area contributed by atoms with Crippen molar-refractivity contribution in [2.24, 2.45) is 0 Å². The molecule has 1 N–H and O–H groups in total. The normalized spacial score (nSPS) is 19.9. The lowest BCUT2D eigenvalue weighted by Gasteiger charge is -2.32. The third kappa shape index (κ3) is 3.58. The highest BCUT2D eigenvalue weighted by Gasteiger charge is 2.32. The van der Waals surface area contributed by atoms with Gasteiger partial charge >= 0.3 is 0 Å². The summed E-state index contributed by atoms with van der Waals surface area (Å²) < 4.78 is 8.97. The average molecular weight is 404 g/mol. The van der Waals surface area contributed by atoms with Gasteiger partial charge < -0.3 is 19.3 Å². The molecule has 1 unspecified atom stereocenters. The van der Waals surface area contributed by atoms with Crippen LogP contribution in [0.1, 0.15) is 41.6 Å². The van der Waals surface area contributed by atoms with Crippen LogP contribution in [-0.4, -0.2) is 45.8 Å². The van der Waals surface area contributed by atoms with Gasteiger partial charge in [-0.05, 0) is 37.4 Å². The molecule has 2 aliphatic rings. The first-order chi connectivity index (χ1) is 14.7. The van der Waals surface area contributed by atoms with Gasteiger partial charge in [-0.3, -0.25) is 0 Å². The van der Waals surface area contributed by atoms with Crippen LogP contribution in [0.4, 0.5) is 0 Å². The summed E-state index contributed by atoms with van der Waals surface area (Å²) in [7, 11) is 2.17. The van der Waals surface area contributed by atoms with Gasteiger partial charge in [0.05, 0.1) is 24.1 Å². The molecule has 3 aromatic rings. The number of nitrogens with zero attached hydrogens (tertiary/aromatic N) is 3. The van der Waals surface area contributed by atoms with E-state index in [9.17, 15) is 5.11 Å². The molecule has 1 saturated heterocycles. The highest BCUT2D eigenvalue weighted by molar-refractivity contribution is 5.62. The predicted molar refractivity (Wildman–Crippen MR) is 117 cm³/mol. The van der Waals surface area contributed by atoms with Gasteiger partial charge in [-0.25, -0.2) is 4.98 Å². The minimum absolute atomic E-state index is 0.0332. The molecule has 3 heterocycles. The van der Waals surface area contributed by atoms with Crippen molar-refractivity contribution in [1.82, 2.24) is 14.5 Å². The number of aromatic nitrogens is 2. The number of aliphatic hydroxyl groups is 1. The quantitative estimate of drug-likeness (QED) is 0.720. The Labute approximate surface area is 177 Å². The van der Waals surface area contributed by atoms with Crippen LogP contribution >= 0.6 is 0 Å². The van der Waals surface area contributed by atoms with Crippen molar-refractivity contribution in [2.75, 3.05) is 20.1 Å². The third-order valence-electron chi connectivity index (χ3n) is 6.47. The first-order valence-corrected chi connectivity index (χ1v) is 10.9. The molecule has 1 fully saturated rings. The Morgan fingerprint density at radius 3 is 2.50 bits per heavy atom. The molecule has 0 aliphatic carbocycles. The molecule has 2 aliphatic heterocycles. The molecule has 0 saturated carbocycles. The van der Waals surface area contributed by atoms with Crippen molar-refractivity contribution in [3.05, 3.63) is 77.2 Å². The number of benzene rings is 2. The highest BCUT2D eigenvalue weighted by Crippen LogP contribution is 2.37. The number of fused-ring (bicyclic) bond motifs is 2. The van der Waals surface area contributed by atoms with Crippen molar-refractivity contribution < 1.29 is 9.84 Å². The van der Waals surface area contributed by atoms with E-state index >= 15 is 0 Å². The van der Waals surface area contributed by atoms with Crippen LogP contribution in [0.15, 0.2) is 54.6 Å². The van der Waals surface area contributed by atoms with Crippen LogP contribution in [0, 0.1) is 0 Å². The van der Waals surface area contributed by atoms with E-state index in [2.05, 4.69) is 52.9 Å². The summed E-state index contributed by atoms with van der Waals surface area (Å²) in [5.41, 5.74) is 5.30. The lowest BCUT2D eigenvalue weighted by molar-refractivity contribution is -0.0276. The maximum absolute atomic E-state index is 10.3. The summed E-state index contributed by atoms with van der Waals surface area (Å²) in [6, 6.07) is 18.7. The van der Waals surface area contributed by atoms with Crippen LogP contribution < -0.4 is 0 Å². The smallest absolute Gasteiger partial charge is 0.143 e. The molecule has 0 radical (unpaired) electrons. The van der Waals surface area contributed by atoms with E-state index in [0.717, 1.165) is 61.7 Å². The molecule has 0 amide bonds. The highest BCUT2D eigenvalue weighted by atomic mass is 16.5. The van der Waals surface area contributed by atoms with Crippen LogP contribution in [0.2, 0.25) is 0 Å². The number of hydrogen-bond acceptors (Lipinski definition) is 4. The average Bonchev–Trinajstić information content (AvgIpc) is 3.09. The fraction of sp³-hybridized carbons (Fsp3) is 0.400. The fourth-order valence-electron chi connectivity index (χ4n) is 4.78. The number of aryl methyl sites for hydroxylation is 1. The van der Waals surface area contributed by atoms with Crippen molar-refractivity contribution in [2.45, 2.75) is 44.6 Å². The van der Waals surface area contributed by atoms with E-state index < -0.39 is 0 Å². The number of piperidine rings is 1. The Morgan fingerprint density at radius 2 is 1.73 bits per heavy atom.